The van der Waals surface area contributed by atoms with Gasteiger partial charge in [-0.3, -0.25) is 0 Å². The number of hydrogen-bond acceptors (Lipinski definition) is 5. The zero-order valence-corrected chi connectivity index (χ0v) is 17.8. The van der Waals surface area contributed by atoms with E-state index in [0.29, 0.717) is 0 Å². The van der Waals surface area contributed by atoms with E-state index in [2.05, 4.69) is 12.1 Å². The lowest BCUT2D eigenvalue weighted by Crippen LogP contribution is -2.54. The molecule has 0 aliphatic carbocycles. The standard InChI is InChI=1S/C9H14O3Si.C9H14O2Si/c1-10-13(11-2,12-3)9-7-5-4-6-8-9;1-10-12(11-2)8-9-6-4-3-5-7-9/h4-8H,1-3H3;3-7,12H,8H2,1-2H3. The van der Waals surface area contributed by atoms with Gasteiger partial charge in [0, 0.05) is 46.8 Å². The molecule has 0 heterocycles. The zero-order chi connectivity index (χ0) is 18.5. The molecule has 0 aliphatic rings. The summed E-state index contributed by atoms with van der Waals surface area (Å²) in [7, 11) is 4.22. The van der Waals surface area contributed by atoms with E-state index in [9.17, 15) is 0 Å². The van der Waals surface area contributed by atoms with Gasteiger partial charge in [-0.05, 0) is 5.56 Å². The summed E-state index contributed by atoms with van der Waals surface area (Å²) in [5, 5.41) is 0.975. The summed E-state index contributed by atoms with van der Waals surface area (Å²) in [5.41, 5.74) is 1.29. The quantitative estimate of drug-likeness (QED) is 0.656. The summed E-state index contributed by atoms with van der Waals surface area (Å²) in [6, 6.07) is 20.9. The predicted molar refractivity (Wildman–Crippen MR) is 104 cm³/mol. The average Bonchev–Trinajstić information content (AvgIpc) is 2.70. The smallest absolute Gasteiger partial charge is 0.400 e. The van der Waals surface area contributed by atoms with E-state index in [0.717, 1.165) is 11.2 Å². The van der Waals surface area contributed by atoms with Crippen molar-refractivity contribution in [3.8, 4) is 0 Å². The zero-order valence-electron chi connectivity index (χ0n) is 15.6. The van der Waals surface area contributed by atoms with Crippen LogP contribution in [0.15, 0.2) is 60.7 Å². The molecule has 2 rings (SSSR count). The first-order valence-corrected chi connectivity index (χ1v) is 11.4. The average molecular weight is 381 g/mol. The molecule has 2 aromatic rings. The van der Waals surface area contributed by atoms with E-state index >= 15 is 0 Å². The van der Waals surface area contributed by atoms with E-state index < -0.39 is 18.1 Å². The molecule has 0 N–H and O–H groups in total. The van der Waals surface area contributed by atoms with Gasteiger partial charge in [0.05, 0.1) is 0 Å². The highest BCUT2D eigenvalue weighted by atomic mass is 28.4. The lowest BCUT2D eigenvalue weighted by Gasteiger charge is -2.24. The van der Waals surface area contributed by atoms with E-state index in [-0.39, 0.29) is 0 Å². The summed E-state index contributed by atoms with van der Waals surface area (Å²) in [6.07, 6.45) is 0. The molecular formula is C18H28O5Si2. The van der Waals surface area contributed by atoms with E-state index in [1.54, 1.807) is 35.5 Å². The fraction of sp³-hybridized carbons (Fsp3) is 0.333. The highest BCUT2D eigenvalue weighted by molar-refractivity contribution is 6.75. The Morgan fingerprint density at radius 1 is 0.680 bits per heavy atom. The molecule has 0 radical (unpaired) electrons. The first-order chi connectivity index (χ1) is 12.2. The van der Waals surface area contributed by atoms with Gasteiger partial charge in [0.25, 0.3) is 0 Å². The van der Waals surface area contributed by atoms with Crippen molar-refractivity contribution in [3.63, 3.8) is 0 Å². The summed E-state index contributed by atoms with van der Waals surface area (Å²) in [5.74, 6) is 0. The maximum absolute atomic E-state index is 5.32. The normalized spacial score (nSPS) is 11.1. The van der Waals surface area contributed by atoms with Crippen LogP contribution in [0.3, 0.4) is 0 Å². The molecular weight excluding hydrogens is 352 g/mol. The fourth-order valence-corrected chi connectivity index (χ4v) is 5.31. The Morgan fingerprint density at radius 2 is 1.12 bits per heavy atom. The maximum Gasteiger partial charge on any atom is 0.536 e. The third-order valence-corrected chi connectivity index (χ3v) is 8.21. The molecule has 25 heavy (non-hydrogen) atoms. The van der Waals surface area contributed by atoms with Crippen LogP contribution in [0.25, 0.3) is 0 Å². The van der Waals surface area contributed by atoms with Gasteiger partial charge in [-0.25, -0.2) is 0 Å². The lowest BCUT2D eigenvalue weighted by molar-refractivity contribution is 0.140. The van der Waals surface area contributed by atoms with Gasteiger partial charge in [0.2, 0.25) is 0 Å². The van der Waals surface area contributed by atoms with Crippen molar-refractivity contribution < 1.29 is 22.1 Å². The third kappa shape index (κ3) is 6.83. The summed E-state index contributed by atoms with van der Waals surface area (Å²) in [4.78, 5) is 0. The van der Waals surface area contributed by atoms with Gasteiger partial charge in [0.15, 0.2) is 0 Å². The van der Waals surface area contributed by atoms with Gasteiger partial charge in [-0.2, -0.15) is 0 Å². The van der Waals surface area contributed by atoms with Crippen LogP contribution in [0.1, 0.15) is 5.56 Å². The molecule has 7 heteroatoms. The van der Waals surface area contributed by atoms with Crippen LogP contribution in [0, 0.1) is 0 Å². The largest absolute Gasteiger partial charge is 0.536 e. The van der Waals surface area contributed by atoms with Gasteiger partial charge in [-0.15, -0.1) is 0 Å². The molecule has 0 fully saturated rings. The minimum Gasteiger partial charge on any atom is -0.400 e. The monoisotopic (exact) mass is 380 g/mol. The van der Waals surface area contributed by atoms with Gasteiger partial charge < -0.3 is 22.1 Å². The van der Waals surface area contributed by atoms with Crippen molar-refractivity contribution in [2.24, 2.45) is 0 Å². The van der Waals surface area contributed by atoms with Crippen LogP contribution >= 0.6 is 0 Å². The minimum absolute atomic E-state index is 0.938. The molecule has 0 aliphatic heterocycles. The summed E-state index contributed by atoms with van der Waals surface area (Å²) >= 11 is 0. The van der Waals surface area contributed by atoms with Gasteiger partial charge in [0.1, 0.15) is 0 Å². The molecule has 0 aromatic heterocycles. The Morgan fingerprint density at radius 3 is 1.52 bits per heavy atom. The van der Waals surface area contributed by atoms with Crippen LogP contribution in [-0.2, 0) is 28.2 Å². The van der Waals surface area contributed by atoms with Gasteiger partial charge >= 0.3 is 18.1 Å². The second kappa shape index (κ2) is 12.1. The Bertz CT molecular complexity index is 552. The summed E-state index contributed by atoms with van der Waals surface area (Å²) < 4.78 is 26.4. The summed E-state index contributed by atoms with van der Waals surface area (Å²) in [6.45, 7) is 0. The van der Waals surface area contributed by atoms with E-state index in [1.807, 2.05) is 48.5 Å². The van der Waals surface area contributed by atoms with Crippen molar-refractivity contribution in [1.29, 1.82) is 0 Å². The van der Waals surface area contributed by atoms with Crippen LogP contribution in [0.2, 0.25) is 0 Å². The molecule has 138 valence electrons. The molecule has 0 bridgehead atoms. The molecule has 0 spiro atoms. The molecule has 0 saturated carbocycles. The van der Waals surface area contributed by atoms with Crippen LogP contribution < -0.4 is 5.19 Å². The first kappa shape index (κ1) is 21.7. The molecule has 0 amide bonds. The molecule has 0 unspecified atom stereocenters. The molecule has 2 aromatic carbocycles. The number of benzene rings is 2. The fourth-order valence-electron chi connectivity index (χ4n) is 2.32. The third-order valence-electron chi connectivity index (χ3n) is 3.70. The van der Waals surface area contributed by atoms with Crippen molar-refractivity contribution in [1.82, 2.24) is 0 Å². The Balaban J connectivity index is 0.000000251. The highest BCUT2D eigenvalue weighted by Gasteiger charge is 2.40. The SMILES string of the molecule is CO[SiH](Cc1ccccc1)OC.CO[Si](OC)(OC)c1ccccc1. The van der Waals surface area contributed by atoms with Crippen LogP contribution in [-0.4, -0.2) is 53.6 Å². The second-order valence-electron chi connectivity index (χ2n) is 5.13. The molecule has 0 saturated heterocycles. The first-order valence-electron chi connectivity index (χ1n) is 7.96. The Hall–Kier alpha value is -1.33. The number of rotatable bonds is 8. The minimum atomic E-state index is -2.59. The van der Waals surface area contributed by atoms with Crippen molar-refractivity contribution >= 4 is 23.3 Å². The van der Waals surface area contributed by atoms with Crippen molar-refractivity contribution in [3.05, 3.63) is 66.2 Å². The Labute approximate surface area is 153 Å². The van der Waals surface area contributed by atoms with Crippen molar-refractivity contribution in [2.45, 2.75) is 6.04 Å². The molecule has 0 atom stereocenters. The number of hydrogen-bond donors (Lipinski definition) is 0. The second-order valence-corrected chi connectivity index (χ2v) is 10.2. The maximum atomic E-state index is 5.32. The predicted octanol–water partition coefficient (Wildman–Crippen LogP) is 2.05. The highest BCUT2D eigenvalue weighted by Crippen LogP contribution is 2.06. The van der Waals surface area contributed by atoms with Crippen LogP contribution in [0.5, 0.6) is 0 Å². The topological polar surface area (TPSA) is 46.2 Å². The van der Waals surface area contributed by atoms with E-state index in [4.69, 9.17) is 22.1 Å². The van der Waals surface area contributed by atoms with E-state index in [1.165, 1.54) is 5.56 Å². The Kier molecular flexibility index (Phi) is 10.5. The molecule has 5 nitrogen and oxygen atoms in total. The lowest BCUT2D eigenvalue weighted by atomic mass is 10.2. The van der Waals surface area contributed by atoms with Gasteiger partial charge in [-0.1, -0.05) is 60.7 Å². The van der Waals surface area contributed by atoms with Crippen molar-refractivity contribution in [2.75, 3.05) is 35.5 Å². The van der Waals surface area contributed by atoms with Crippen LogP contribution in [0.4, 0.5) is 0 Å².